The number of halogens is 3. The van der Waals surface area contributed by atoms with Gasteiger partial charge in [0.2, 0.25) is 0 Å². The summed E-state index contributed by atoms with van der Waals surface area (Å²) in [7, 11) is 0. The molecule has 0 spiro atoms. The summed E-state index contributed by atoms with van der Waals surface area (Å²) in [5.74, 6) is 0. The van der Waals surface area contributed by atoms with Crippen LogP contribution in [-0.2, 0) is 11.1 Å². The summed E-state index contributed by atoms with van der Waals surface area (Å²) in [6.07, 6.45) is 0. The molecule has 13 heavy (non-hydrogen) atoms. The predicted molar refractivity (Wildman–Crippen MR) is 56.7 cm³/mol. The first-order chi connectivity index (χ1) is 5.52. The summed E-state index contributed by atoms with van der Waals surface area (Å²) in [5.41, 5.74) is 0. The maximum atomic E-state index is 10.7. The Labute approximate surface area is 126 Å². The Kier molecular flexibility index (Phi) is 7.24. The second kappa shape index (κ2) is 6.37. The van der Waals surface area contributed by atoms with E-state index in [9.17, 15) is 8.76 Å². The fourth-order valence-corrected chi connectivity index (χ4v) is 4.18. The van der Waals surface area contributed by atoms with Crippen molar-refractivity contribution in [3.63, 3.8) is 0 Å². The molecule has 0 heterocycles. The van der Waals surface area contributed by atoms with Crippen molar-refractivity contribution in [1.29, 1.82) is 0 Å². The van der Waals surface area contributed by atoms with E-state index in [-0.39, 0.29) is 34.5 Å². The summed E-state index contributed by atoms with van der Waals surface area (Å²) in [6.45, 7) is 0. The third-order valence-electron chi connectivity index (χ3n) is 1.13. The van der Waals surface area contributed by atoms with Crippen molar-refractivity contribution in [3.8, 4) is 0 Å². The van der Waals surface area contributed by atoms with E-state index in [2.05, 4.69) is 47.8 Å². The Morgan fingerprint density at radius 1 is 1.15 bits per heavy atom. The van der Waals surface area contributed by atoms with Crippen molar-refractivity contribution in [1.82, 2.24) is 0 Å². The minimum atomic E-state index is -2.22. The zero-order chi connectivity index (χ0) is 9.30. The van der Waals surface area contributed by atoms with Crippen molar-refractivity contribution in [2.24, 2.45) is 0 Å². The zero-order valence-corrected chi connectivity index (χ0v) is 14.1. The molecule has 1 unspecified atom stereocenters. The van der Waals surface area contributed by atoms with Crippen LogP contribution >= 0.6 is 47.8 Å². The molecule has 0 aliphatic heterocycles. The van der Waals surface area contributed by atoms with Gasteiger partial charge in [0.15, 0.2) is 0 Å². The fraction of sp³-hybridized carbons (Fsp3) is 0. The van der Waals surface area contributed by atoms with Crippen molar-refractivity contribution in [2.45, 2.75) is 4.90 Å². The van der Waals surface area contributed by atoms with Gasteiger partial charge in [-0.1, -0.05) is 15.9 Å². The van der Waals surface area contributed by atoms with Gasteiger partial charge in [0.05, 0.1) is 4.90 Å². The maximum Gasteiger partial charge on any atom is 1.00 e. The van der Waals surface area contributed by atoms with Crippen molar-refractivity contribution in [2.75, 3.05) is 0 Å². The minimum Gasteiger partial charge on any atom is -0.768 e. The van der Waals surface area contributed by atoms with Crippen molar-refractivity contribution >= 4 is 58.9 Å². The van der Waals surface area contributed by atoms with E-state index < -0.39 is 11.1 Å². The van der Waals surface area contributed by atoms with Gasteiger partial charge < -0.3 is 4.55 Å². The van der Waals surface area contributed by atoms with Crippen LogP contribution in [0.25, 0.3) is 0 Å². The third kappa shape index (κ3) is 4.03. The number of hydrogen-bond donors (Lipinski definition) is 0. The van der Waals surface area contributed by atoms with Gasteiger partial charge >= 0.3 is 29.6 Å². The Morgan fingerprint density at radius 2 is 1.54 bits per heavy atom. The summed E-state index contributed by atoms with van der Waals surface area (Å²) in [5, 5.41) is 0. The molecular formula is C6H2Br3NaO2S. The molecule has 0 N–H and O–H groups in total. The second-order valence-electron chi connectivity index (χ2n) is 1.93. The standard InChI is InChI=1S/C6H3Br3O2S.Na/c7-3-1-4(8)6(12(10)11)5(9)2-3;/h1-2H,(H,10,11);/q;+1/p-1. The van der Waals surface area contributed by atoms with Gasteiger partial charge in [0, 0.05) is 13.4 Å². The van der Waals surface area contributed by atoms with Crippen LogP contribution in [0.2, 0.25) is 0 Å². The molecular weight excluding hydrogens is 399 g/mol. The van der Waals surface area contributed by atoms with Crippen molar-refractivity contribution in [3.05, 3.63) is 25.6 Å². The number of benzene rings is 1. The van der Waals surface area contributed by atoms with E-state index in [0.29, 0.717) is 8.95 Å². The average molecular weight is 401 g/mol. The Balaban J connectivity index is 0.00000144. The molecule has 0 saturated carbocycles. The van der Waals surface area contributed by atoms with Crippen LogP contribution in [0, 0.1) is 0 Å². The van der Waals surface area contributed by atoms with E-state index in [0.717, 1.165) is 4.47 Å². The van der Waals surface area contributed by atoms with Crippen LogP contribution in [0.1, 0.15) is 0 Å². The molecule has 0 fully saturated rings. The Bertz CT molecular complexity index is 322. The first-order valence-electron chi connectivity index (χ1n) is 2.76. The molecule has 1 rings (SSSR count). The SMILES string of the molecule is O=S([O-])c1c(Br)cc(Br)cc1Br.[Na+]. The van der Waals surface area contributed by atoms with Crippen LogP contribution < -0.4 is 29.6 Å². The summed E-state index contributed by atoms with van der Waals surface area (Å²) < 4.78 is 23.3. The first kappa shape index (κ1) is 14.8. The quantitative estimate of drug-likeness (QED) is 0.500. The zero-order valence-electron chi connectivity index (χ0n) is 6.51. The van der Waals surface area contributed by atoms with Crippen LogP contribution in [0.4, 0.5) is 0 Å². The topological polar surface area (TPSA) is 40.1 Å². The maximum absolute atomic E-state index is 10.7. The summed E-state index contributed by atoms with van der Waals surface area (Å²) in [6, 6.07) is 3.35. The molecule has 0 aliphatic carbocycles. The van der Waals surface area contributed by atoms with Gasteiger partial charge in [-0.05, 0) is 55.1 Å². The van der Waals surface area contributed by atoms with E-state index in [1.165, 1.54) is 0 Å². The van der Waals surface area contributed by atoms with Gasteiger partial charge in [0.25, 0.3) is 0 Å². The molecule has 7 heteroatoms. The molecule has 0 amide bonds. The molecule has 0 saturated heterocycles. The summed E-state index contributed by atoms with van der Waals surface area (Å²) in [4.78, 5) is 0.234. The van der Waals surface area contributed by atoms with Crippen LogP contribution in [-0.4, -0.2) is 8.76 Å². The van der Waals surface area contributed by atoms with E-state index in [1.54, 1.807) is 12.1 Å². The normalized spacial score (nSPS) is 12.0. The van der Waals surface area contributed by atoms with E-state index in [4.69, 9.17) is 0 Å². The smallest absolute Gasteiger partial charge is 0.768 e. The van der Waals surface area contributed by atoms with Gasteiger partial charge in [-0.2, -0.15) is 0 Å². The largest absolute Gasteiger partial charge is 1.00 e. The fourth-order valence-electron chi connectivity index (χ4n) is 0.688. The van der Waals surface area contributed by atoms with Crippen LogP contribution in [0.5, 0.6) is 0 Å². The molecule has 1 aromatic rings. The van der Waals surface area contributed by atoms with Gasteiger partial charge in [-0.15, -0.1) is 0 Å². The van der Waals surface area contributed by atoms with E-state index >= 15 is 0 Å². The molecule has 0 bridgehead atoms. The van der Waals surface area contributed by atoms with Gasteiger partial charge in [-0.25, -0.2) is 0 Å². The van der Waals surface area contributed by atoms with E-state index in [1.807, 2.05) is 0 Å². The monoisotopic (exact) mass is 398 g/mol. The molecule has 0 aliphatic rings. The summed E-state index contributed by atoms with van der Waals surface area (Å²) >= 11 is 7.30. The minimum absolute atomic E-state index is 0. The number of hydrogen-bond acceptors (Lipinski definition) is 2. The molecule has 2 nitrogen and oxygen atoms in total. The van der Waals surface area contributed by atoms with Crippen LogP contribution in [0.3, 0.4) is 0 Å². The Hall–Kier alpha value is 1.77. The average Bonchev–Trinajstić information content (AvgIpc) is 1.82. The van der Waals surface area contributed by atoms with Gasteiger partial charge in [-0.3, -0.25) is 4.21 Å². The van der Waals surface area contributed by atoms with Crippen molar-refractivity contribution < 1.29 is 38.3 Å². The molecule has 0 radical (unpaired) electrons. The first-order valence-corrected chi connectivity index (χ1v) is 6.21. The molecule has 66 valence electrons. The van der Waals surface area contributed by atoms with Gasteiger partial charge in [0.1, 0.15) is 0 Å². The molecule has 0 aromatic heterocycles. The third-order valence-corrected chi connectivity index (χ3v) is 4.14. The Morgan fingerprint density at radius 3 is 1.85 bits per heavy atom. The molecule has 1 aromatic carbocycles. The number of rotatable bonds is 1. The van der Waals surface area contributed by atoms with Crippen LogP contribution in [0.15, 0.2) is 30.4 Å². The second-order valence-corrected chi connectivity index (χ2v) is 5.44. The predicted octanol–water partition coefficient (Wildman–Crippen LogP) is 0.216. The molecule has 1 atom stereocenters.